The molecule has 3 rings (SSSR count). The number of anilines is 1. The average molecular weight is 455 g/mol. The van der Waals surface area contributed by atoms with Crippen LogP contribution in [0.1, 0.15) is 5.56 Å². The number of nitrogens with one attached hydrogen (secondary N) is 2. The lowest BCUT2D eigenvalue weighted by Gasteiger charge is -2.16. The summed E-state index contributed by atoms with van der Waals surface area (Å²) in [5.41, 5.74) is 1.19. The molecule has 0 aliphatic rings. The molecule has 0 aliphatic heterocycles. The van der Waals surface area contributed by atoms with Crippen molar-refractivity contribution in [1.29, 1.82) is 0 Å². The van der Waals surface area contributed by atoms with Crippen LogP contribution in [0.25, 0.3) is 10.2 Å². The molecule has 31 heavy (non-hydrogen) atoms. The SMILES string of the molecule is O=C(O)NC(COCc1ccccc1)C(=O)Nc1nc2ccc(OC(F)(F)F)cc2s1. The van der Waals surface area contributed by atoms with Gasteiger partial charge in [0.1, 0.15) is 11.8 Å². The number of benzene rings is 2. The van der Waals surface area contributed by atoms with E-state index in [0.29, 0.717) is 10.2 Å². The highest BCUT2D eigenvalue weighted by atomic mass is 32.1. The smallest absolute Gasteiger partial charge is 0.465 e. The highest BCUT2D eigenvalue weighted by Gasteiger charge is 2.31. The number of thiazole rings is 1. The number of amides is 2. The summed E-state index contributed by atoms with van der Waals surface area (Å²) in [6.45, 7) is -0.0590. The van der Waals surface area contributed by atoms with E-state index in [-0.39, 0.29) is 18.3 Å². The lowest BCUT2D eigenvalue weighted by molar-refractivity contribution is -0.274. The van der Waals surface area contributed by atoms with Crippen molar-refractivity contribution in [3.63, 3.8) is 0 Å². The van der Waals surface area contributed by atoms with Crippen LogP contribution in [0.15, 0.2) is 48.5 Å². The first-order valence-electron chi connectivity index (χ1n) is 8.78. The molecule has 0 saturated heterocycles. The van der Waals surface area contributed by atoms with E-state index in [1.807, 2.05) is 30.3 Å². The molecular weight excluding hydrogens is 439 g/mol. The maximum atomic E-state index is 12.5. The molecule has 1 unspecified atom stereocenters. The number of carbonyl (C=O) groups is 2. The minimum Gasteiger partial charge on any atom is -0.465 e. The van der Waals surface area contributed by atoms with Gasteiger partial charge in [-0.2, -0.15) is 0 Å². The van der Waals surface area contributed by atoms with Crippen LogP contribution in [0.2, 0.25) is 0 Å². The Balaban J connectivity index is 1.65. The Kier molecular flexibility index (Phi) is 6.92. The van der Waals surface area contributed by atoms with Gasteiger partial charge in [-0.15, -0.1) is 13.2 Å². The quantitative estimate of drug-likeness (QED) is 0.474. The van der Waals surface area contributed by atoms with Crippen LogP contribution in [0, 0.1) is 0 Å². The maximum absolute atomic E-state index is 12.5. The largest absolute Gasteiger partial charge is 0.573 e. The molecule has 3 N–H and O–H groups in total. The Morgan fingerprint density at radius 1 is 1.16 bits per heavy atom. The normalized spacial score (nSPS) is 12.4. The van der Waals surface area contributed by atoms with Crippen molar-refractivity contribution in [2.45, 2.75) is 19.0 Å². The van der Waals surface area contributed by atoms with Gasteiger partial charge >= 0.3 is 12.5 Å². The third kappa shape index (κ3) is 6.83. The highest BCUT2D eigenvalue weighted by molar-refractivity contribution is 7.22. The van der Waals surface area contributed by atoms with E-state index in [2.05, 4.69) is 20.4 Å². The van der Waals surface area contributed by atoms with E-state index in [1.54, 1.807) is 0 Å². The first-order chi connectivity index (χ1) is 14.7. The topological polar surface area (TPSA) is 110 Å². The number of nitrogens with zero attached hydrogens (tertiary/aromatic N) is 1. The van der Waals surface area contributed by atoms with Crippen LogP contribution in [0.5, 0.6) is 5.75 Å². The second kappa shape index (κ2) is 9.62. The number of carboxylic acid groups (broad SMARTS) is 1. The molecule has 1 aromatic heterocycles. The van der Waals surface area contributed by atoms with Crippen LogP contribution in [0.4, 0.5) is 23.1 Å². The fourth-order valence-electron chi connectivity index (χ4n) is 2.55. The average Bonchev–Trinajstić information content (AvgIpc) is 3.08. The predicted octanol–water partition coefficient (Wildman–Crippen LogP) is 3.99. The van der Waals surface area contributed by atoms with Crippen molar-refractivity contribution >= 4 is 38.7 Å². The number of halogens is 3. The molecule has 0 fully saturated rings. The Morgan fingerprint density at radius 3 is 2.58 bits per heavy atom. The van der Waals surface area contributed by atoms with Crippen LogP contribution in [-0.4, -0.2) is 41.1 Å². The van der Waals surface area contributed by atoms with Crippen molar-refractivity contribution in [3.8, 4) is 5.75 Å². The number of ether oxygens (including phenoxy) is 2. The van der Waals surface area contributed by atoms with Crippen molar-refractivity contribution in [3.05, 3.63) is 54.1 Å². The molecular formula is C19H16F3N3O5S. The molecule has 164 valence electrons. The predicted molar refractivity (Wildman–Crippen MR) is 106 cm³/mol. The number of hydrogen-bond acceptors (Lipinski definition) is 6. The standard InChI is InChI=1S/C19H16F3N3O5S/c20-19(21,22)30-12-6-7-13-15(8-12)31-17(23-13)25-16(26)14(24-18(27)28)10-29-9-11-4-2-1-3-5-11/h1-8,14,24H,9-10H2,(H,27,28)(H,23,25,26). The summed E-state index contributed by atoms with van der Waals surface area (Å²) in [4.78, 5) is 27.6. The van der Waals surface area contributed by atoms with Gasteiger partial charge in [-0.3, -0.25) is 4.79 Å². The van der Waals surface area contributed by atoms with Gasteiger partial charge in [0.25, 0.3) is 5.91 Å². The fourth-order valence-corrected chi connectivity index (χ4v) is 3.45. The Hall–Kier alpha value is -3.38. The van der Waals surface area contributed by atoms with Gasteiger partial charge in [-0.05, 0) is 17.7 Å². The molecule has 2 aromatic carbocycles. The van der Waals surface area contributed by atoms with Crippen LogP contribution >= 0.6 is 11.3 Å². The van der Waals surface area contributed by atoms with Crippen molar-refractivity contribution < 1.29 is 37.3 Å². The van der Waals surface area contributed by atoms with E-state index in [4.69, 9.17) is 9.84 Å². The van der Waals surface area contributed by atoms with Gasteiger partial charge in [0.2, 0.25) is 0 Å². The van der Waals surface area contributed by atoms with E-state index in [0.717, 1.165) is 29.0 Å². The van der Waals surface area contributed by atoms with Crippen LogP contribution in [-0.2, 0) is 16.1 Å². The van der Waals surface area contributed by atoms with Gasteiger partial charge in [-0.25, -0.2) is 9.78 Å². The van der Waals surface area contributed by atoms with E-state index in [9.17, 15) is 22.8 Å². The van der Waals surface area contributed by atoms with Gasteiger partial charge in [0.15, 0.2) is 5.13 Å². The molecule has 0 aliphatic carbocycles. The van der Waals surface area contributed by atoms with Crippen molar-refractivity contribution in [2.75, 3.05) is 11.9 Å². The van der Waals surface area contributed by atoms with Gasteiger partial charge in [0, 0.05) is 6.07 Å². The molecule has 0 saturated carbocycles. The van der Waals surface area contributed by atoms with Crippen molar-refractivity contribution in [2.24, 2.45) is 0 Å². The minimum absolute atomic E-state index is 0.0874. The first kappa shape index (κ1) is 22.3. The number of carbonyl (C=O) groups excluding carboxylic acids is 1. The summed E-state index contributed by atoms with van der Waals surface area (Å²) in [5, 5.41) is 13.6. The van der Waals surface area contributed by atoms with Gasteiger partial charge < -0.3 is 25.2 Å². The zero-order valence-electron chi connectivity index (χ0n) is 15.7. The zero-order valence-corrected chi connectivity index (χ0v) is 16.5. The number of alkyl halides is 3. The molecule has 0 bridgehead atoms. The Labute approximate surface area is 177 Å². The lowest BCUT2D eigenvalue weighted by Crippen LogP contribution is -2.46. The first-order valence-corrected chi connectivity index (χ1v) is 9.59. The molecule has 0 spiro atoms. The maximum Gasteiger partial charge on any atom is 0.573 e. The van der Waals surface area contributed by atoms with Gasteiger partial charge in [0.05, 0.1) is 23.4 Å². The zero-order chi connectivity index (χ0) is 22.4. The number of rotatable bonds is 8. The van der Waals surface area contributed by atoms with E-state index >= 15 is 0 Å². The lowest BCUT2D eigenvalue weighted by atomic mass is 10.2. The van der Waals surface area contributed by atoms with E-state index in [1.165, 1.54) is 6.07 Å². The monoisotopic (exact) mass is 455 g/mol. The highest BCUT2D eigenvalue weighted by Crippen LogP contribution is 2.31. The molecule has 3 aromatic rings. The summed E-state index contributed by atoms with van der Waals surface area (Å²) in [6, 6.07) is 11.4. The second-order valence-electron chi connectivity index (χ2n) is 6.19. The Morgan fingerprint density at radius 2 is 1.90 bits per heavy atom. The minimum atomic E-state index is -4.83. The third-order valence-corrected chi connectivity index (χ3v) is 4.77. The fraction of sp³-hybridized carbons (Fsp3) is 0.211. The molecule has 1 heterocycles. The number of fused-ring (bicyclic) bond motifs is 1. The summed E-state index contributed by atoms with van der Waals surface area (Å²) in [6.07, 6.45) is -6.24. The van der Waals surface area contributed by atoms with Gasteiger partial charge in [-0.1, -0.05) is 41.7 Å². The molecule has 2 amide bonds. The van der Waals surface area contributed by atoms with Crippen LogP contribution < -0.4 is 15.4 Å². The van der Waals surface area contributed by atoms with Crippen LogP contribution in [0.3, 0.4) is 0 Å². The van der Waals surface area contributed by atoms with Crippen molar-refractivity contribution in [1.82, 2.24) is 10.3 Å². The summed E-state index contributed by atoms with van der Waals surface area (Å²) >= 11 is 0.916. The molecule has 0 radical (unpaired) electrons. The summed E-state index contributed by atoms with van der Waals surface area (Å²) in [7, 11) is 0. The number of hydrogen-bond donors (Lipinski definition) is 3. The Bertz CT molecular complexity index is 1060. The summed E-state index contributed by atoms with van der Waals surface area (Å²) in [5.74, 6) is -1.14. The second-order valence-corrected chi connectivity index (χ2v) is 7.22. The number of aromatic nitrogens is 1. The summed E-state index contributed by atoms with van der Waals surface area (Å²) < 4.78 is 46.7. The van der Waals surface area contributed by atoms with E-state index < -0.39 is 30.2 Å². The third-order valence-electron chi connectivity index (χ3n) is 3.83. The molecule has 12 heteroatoms. The molecule has 8 nitrogen and oxygen atoms in total. The molecule has 1 atom stereocenters.